The lowest BCUT2D eigenvalue weighted by Crippen LogP contribution is -1.97. The Bertz CT molecular complexity index is 718. The fourth-order valence-corrected chi connectivity index (χ4v) is 3.69. The number of hydrogen-bond donors (Lipinski definition) is 0. The van der Waals surface area contributed by atoms with Crippen molar-refractivity contribution in [1.82, 2.24) is 4.98 Å². The molecule has 0 fully saturated rings. The van der Waals surface area contributed by atoms with E-state index < -0.39 is 0 Å². The van der Waals surface area contributed by atoms with Crippen LogP contribution in [0.15, 0.2) is 51.4 Å². The van der Waals surface area contributed by atoms with Gasteiger partial charge in [0.2, 0.25) is 0 Å². The zero-order valence-corrected chi connectivity index (χ0v) is 14.1. The third-order valence-corrected chi connectivity index (χ3v) is 5.15. The average molecular weight is 395 g/mol. The van der Waals surface area contributed by atoms with E-state index >= 15 is 0 Å². The van der Waals surface area contributed by atoms with Crippen molar-refractivity contribution in [3.05, 3.63) is 64.0 Å². The van der Waals surface area contributed by atoms with E-state index in [1.807, 2.05) is 24.3 Å². The number of benzene rings is 2. The summed E-state index contributed by atoms with van der Waals surface area (Å²) in [6.07, 6.45) is 0.719. The zero-order chi connectivity index (χ0) is 14.1. The maximum atomic E-state index is 5.77. The molecule has 0 saturated carbocycles. The molecule has 1 aromatic heterocycles. The maximum absolute atomic E-state index is 5.77. The number of para-hydroxylation sites is 2. The predicted octanol–water partition coefficient (Wildman–Crippen LogP) is 5.58. The van der Waals surface area contributed by atoms with Gasteiger partial charge in [0.15, 0.2) is 11.5 Å². The van der Waals surface area contributed by atoms with E-state index in [0.717, 1.165) is 27.9 Å². The van der Waals surface area contributed by atoms with Gasteiger partial charge in [-0.2, -0.15) is 0 Å². The van der Waals surface area contributed by atoms with Crippen LogP contribution >= 0.6 is 31.9 Å². The molecule has 3 aromatic rings. The molecule has 1 heterocycles. The second-order valence-electron chi connectivity index (χ2n) is 4.73. The first kappa shape index (κ1) is 13.8. The molecule has 0 N–H and O–H groups in total. The minimum atomic E-state index is 0.171. The molecule has 0 spiro atoms. The van der Waals surface area contributed by atoms with Crippen LogP contribution in [-0.4, -0.2) is 4.98 Å². The van der Waals surface area contributed by atoms with Crippen LogP contribution in [0.25, 0.3) is 11.1 Å². The van der Waals surface area contributed by atoms with Crippen molar-refractivity contribution < 1.29 is 4.42 Å². The van der Waals surface area contributed by atoms with E-state index in [1.54, 1.807) is 0 Å². The Hall–Kier alpha value is -1.13. The number of rotatable bonds is 3. The lowest BCUT2D eigenvalue weighted by Gasteiger charge is -2.11. The molecule has 0 radical (unpaired) electrons. The van der Waals surface area contributed by atoms with E-state index in [2.05, 4.69) is 62.0 Å². The van der Waals surface area contributed by atoms with E-state index in [-0.39, 0.29) is 4.83 Å². The van der Waals surface area contributed by atoms with Gasteiger partial charge in [-0.3, -0.25) is 0 Å². The molecule has 0 aliphatic heterocycles. The van der Waals surface area contributed by atoms with Gasteiger partial charge in [-0.05, 0) is 30.2 Å². The van der Waals surface area contributed by atoms with Gasteiger partial charge in [0.1, 0.15) is 5.52 Å². The monoisotopic (exact) mass is 393 g/mol. The quantitative estimate of drug-likeness (QED) is 0.542. The Balaban J connectivity index is 1.88. The van der Waals surface area contributed by atoms with Crippen molar-refractivity contribution in [2.75, 3.05) is 0 Å². The first-order valence-electron chi connectivity index (χ1n) is 6.38. The highest BCUT2D eigenvalue weighted by Gasteiger charge is 2.16. The summed E-state index contributed by atoms with van der Waals surface area (Å²) in [5.41, 5.74) is 4.19. The molecule has 2 aromatic carbocycles. The van der Waals surface area contributed by atoms with Gasteiger partial charge in [0, 0.05) is 15.7 Å². The molecule has 0 saturated heterocycles. The number of aryl methyl sites for hydroxylation is 1. The zero-order valence-electron chi connectivity index (χ0n) is 10.9. The van der Waals surface area contributed by atoms with E-state index in [0.29, 0.717) is 0 Å². The minimum Gasteiger partial charge on any atom is -0.441 e. The molecule has 3 rings (SSSR count). The first-order valence-corrected chi connectivity index (χ1v) is 8.09. The highest BCUT2D eigenvalue weighted by Crippen LogP contribution is 2.34. The molecular weight excluding hydrogens is 382 g/mol. The van der Waals surface area contributed by atoms with Crippen molar-refractivity contribution in [1.29, 1.82) is 0 Å². The van der Waals surface area contributed by atoms with Gasteiger partial charge in [0.25, 0.3) is 0 Å². The lowest BCUT2D eigenvalue weighted by molar-refractivity contribution is 0.527. The van der Waals surface area contributed by atoms with Crippen molar-refractivity contribution >= 4 is 43.0 Å². The van der Waals surface area contributed by atoms with Crippen LogP contribution in [0, 0.1) is 6.92 Å². The van der Waals surface area contributed by atoms with Gasteiger partial charge in [-0.25, -0.2) is 4.98 Å². The highest BCUT2D eigenvalue weighted by atomic mass is 79.9. The summed E-state index contributed by atoms with van der Waals surface area (Å²) in [5, 5.41) is 0. The Morgan fingerprint density at radius 3 is 2.75 bits per heavy atom. The van der Waals surface area contributed by atoms with E-state index in [9.17, 15) is 0 Å². The standard InChI is InChI=1S/C16H13Br2NO/c1-10-5-4-6-11(16(10)18)12(17)9-15-19-13-7-2-3-8-14(13)20-15/h2-8,12H,9H2,1H3. The van der Waals surface area contributed by atoms with Crippen LogP contribution in [0.5, 0.6) is 0 Å². The predicted molar refractivity (Wildman–Crippen MR) is 88.3 cm³/mol. The summed E-state index contributed by atoms with van der Waals surface area (Å²) in [6.45, 7) is 2.09. The fraction of sp³-hybridized carbons (Fsp3) is 0.188. The van der Waals surface area contributed by atoms with Crippen LogP contribution in [0.3, 0.4) is 0 Å². The Morgan fingerprint density at radius 2 is 1.95 bits per heavy atom. The van der Waals surface area contributed by atoms with Crippen molar-refractivity contribution in [2.45, 2.75) is 18.2 Å². The average Bonchev–Trinajstić information content (AvgIpc) is 2.83. The van der Waals surface area contributed by atoms with Crippen LogP contribution in [0.4, 0.5) is 0 Å². The normalized spacial score (nSPS) is 12.8. The summed E-state index contributed by atoms with van der Waals surface area (Å²) < 4.78 is 6.91. The molecule has 2 nitrogen and oxygen atoms in total. The summed E-state index contributed by atoms with van der Waals surface area (Å²) >= 11 is 7.38. The Kier molecular flexibility index (Phi) is 3.94. The van der Waals surface area contributed by atoms with Gasteiger partial charge in [0.05, 0.1) is 0 Å². The smallest absolute Gasteiger partial charge is 0.196 e. The molecule has 0 amide bonds. The third-order valence-electron chi connectivity index (χ3n) is 3.25. The summed E-state index contributed by atoms with van der Waals surface area (Å²) in [6, 6.07) is 14.1. The molecule has 0 bridgehead atoms. The molecular formula is C16H13Br2NO. The highest BCUT2D eigenvalue weighted by molar-refractivity contribution is 9.11. The summed E-state index contributed by atoms with van der Waals surface area (Å²) in [5.74, 6) is 0.751. The third kappa shape index (κ3) is 2.67. The second-order valence-corrected chi connectivity index (χ2v) is 6.62. The SMILES string of the molecule is Cc1cccc(C(Br)Cc2nc3ccccc3o2)c1Br. The van der Waals surface area contributed by atoms with Crippen molar-refractivity contribution in [2.24, 2.45) is 0 Å². The molecule has 1 unspecified atom stereocenters. The molecule has 0 aliphatic carbocycles. The number of aromatic nitrogens is 1. The van der Waals surface area contributed by atoms with Gasteiger partial charge < -0.3 is 4.42 Å². The van der Waals surface area contributed by atoms with Crippen molar-refractivity contribution in [3.63, 3.8) is 0 Å². The minimum absolute atomic E-state index is 0.171. The lowest BCUT2D eigenvalue weighted by atomic mass is 10.1. The van der Waals surface area contributed by atoms with Crippen LogP contribution in [0.2, 0.25) is 0 Å². The molecule has 20 heavy (non-hydrogen) atoms. The first-order chi connectivity index (χ1) is 9.65. The van der Waals surface area contributed by atoms with E-state index in [4.69, 9.17) is 4.42 Å². The van der Waals surface area contributed by atoms with Crippen LogP contribution in [-0.2, 0) is 6.42 Å². The Morgan fingerprint density at radius 1 is 1.15 bits per heavy atom. The summed E-state index contributed by atoms with van der Waals surface area (Å²) in [7, 11) is 0. The number of oxazole rings is 1. The van der Waals surface area contributed by atoms with Crippen LogP contribution < -0.4 is 0 Å². The van der Waals surface area contributed by atoms with Gasteiger partial charge in [-0.15, -0.1) is 0 Å². The van der Waals surface area contributed by atoms with E-state index in [1.165, 1.54) is 11.1 Å². The topological polar surface area (TPSA) is 26.0 Å². The van der Waals surface area contributed by atoms with Crippen molar-refractivity contribution in [3.8, 4) is 0 Å². The van der Waals surface area contributed by atoms with Crippen LogP contribution in [0.1, 0.15) is 21.8 Å². The number of fused-ring (bicyclic) bond motifs is 1. The largest absolute Gasteiger partial charge is 0.441 e. The molecule has 0 aliphatic rings. The number of halogens is 2. The fourth-order valence-electron chi connectivity index (χ4n) is 2.18. The number of hydrogen-bond acceptors (Lipinski definition) is 2. The summed E-state index contributed by atoms with van der Waals surface area (Å²) in [4.78, 5) is 4.69. The molecule has 102 valence electrons. The number of nitrogens with zero attached hydrogens (tertiary/aromatic N) is 1. The number of alkyl halides is 1. The maximum Gasteiger partial charge on any atom is 0.196 e. The molecule has 4 heteroatoms. The second kappa shape index (κ2) is 5.70. The molecule has 1 atom stereocenters. The van der Waals surface area contributed by atoms with Gasteiger partial charge in [-0.1, -0.05) is 62.2 Å². The van der Waals surface area contributed by atoms with Gasteiger partial charge >= 0.3 is 0 Å². The Labute approximate surface area is 134 Å².